The number of hydrogen-bond acceptors (Lipinski definition) is 6. The van der Waals surface area contributed by atoms with Crippen molar-refractivity contribution in [2.75, 3.05) is 39.3 Å². The van der Waals surface area contributed by atoms with Gasteiger partial charge in [-0.1, -0.05) is 112 Å². The van der Waals surface area contributed by atoms with Crippen molar-refractivity contribution in [1.29, 1.82) is 0 Å². The number of H-pyrrole nitrogens is 2. The number of carbonyl (C=O) groups is 2. The normalized spacial score (nSPS) is 17.6. The molecule has 2 fully saturated rings. The van der Waals surface area contributed by atoms with E-state index in [1.165, 1.54) is 0 Å². The molecular weight excluding hydrogens is 745 g/mol. The lowest BCUT2D eigenvalue weighted by Gasteiger charge is -2.34. The quantitative estimate of drug-likeness (QED) is 0.113. The van der Waals surface area contributed by atoms with Crippen LogP contribution in [-0.2, 0) is 9.59 Å². The fraction of sp³-hybridized carbons (Fsp3) is 0.360. The highest BCUT2D eigenvalue weighted by atomic mass is 16.2. The van der Waals surface area contributed by atoms with Gasteiger partial charge in [-0.15, -0.1) is 0 Å². The molecule has 2 aliphatic rings. The highest BCUT2D eigenvalue weighted by Gasteiger charge is 2.40. The maximum absolute atomic E-state index is 14.4. The number of amides is 2. The number of nitrogens with zero attached hydrogens (tertiary/aromatic N) is 6. The molecule has 4 atom stereocenters. The summed E-state index contributed by atoms with van der Waals surface area (Å²) in [5.41, 5.74) is 8.35. The maximum atomic E-state index is 14.4. The van der Waals surface area contributed by atoms with Crippen LogP contribution in [0.3, 0.4) is 0 Å². The van der Waals surface area contributed by atoms with Crippen LogP contribution in [-0.4, -0.2) is 90.6 Å². The molecule has 0 bridgehead atoms. The minimum absolute atomic E-state index is 0.113. The van der Waals surface area contributed by atoms with Gasteiger partial charge in [0.1, 0.15) is 17.9 Å². The number of benzene rings is 4. The summed E-state index contributed by atoms with van der Waals surface area (Å²) in [5, 5.41) is 0. The lowest BCUT2D eigenvalue weighted by molar-refractivity contribution is -0.139. The first-order valence-corrected chi connectivity index (χ1v) is 21.8. The number of fused-ring (bicyclic) bond motifs is 1. The number of rotatable bonds is 13. The molecule has 2 aliphatic heterocycles. The zero-order valence-electron chi connectivity index (χ0n) is 35.3. The summed E-state index contributed by atoms with van der Waals surface area (Å²) >= 11 is 0. The van der Waals surface area contributed by atoms with E-state index in [2.05, 4.69) is 95.7 Å². The van der Waals surface area contributed by atoms with Crippen molar-refractivity contribution in [3.05, 3.63) is 143 Å². The van der Waals surface area contributed by atoms with Crippen LogP contribution in [0.4, 0.5) is 0 Å². The van der Waals surface area contributed by atoms with Gasteiger partial charge in [0, 0.05) is 29.8 Å². The first kappa shape index (κ1) is 40.7. The molecule has 4 aromatic carbocycles. The van der Waals surface area contributed by atoms with Gasteiger partial charge in [-0.25, -0.2) is 9.97 Å². The van der Waals surface area contributed by atoms with Crippen LogP contribution in [0.15, 0.2) is 109 Å². The second-order valence-electron chi connectivity index (χ2n) is 15.8. The Morgan fingerprint density at radius 2 is 1.27 bits per heavy atom. The number of aromatic amines is 2. The van der Waals surface area contributed by atoms with E-state index in [0.29, 0.717) is 13.1 Å². The number of aromatic nitrogens is 4. The van der Waals surface area contributed by atoms with Gasteiger partial charge in [-0.3, -0.25) is 19.4 Å². The fourth-order valence-corrected chi connectivity index (χ4v) is 9.36. The van der Waals surface area contributed by atoms with Gasteiger partial charge in [0.2, 0.25) is 11.8 Å². The third kappa shape index (κ3) is 8.25. The molecule has 4 heterocycles. The van der Waals surface area contributed by atoms with Crippen molar-refractivity contribution in [2.45, 2.75) is 77.5 Å². The zero-order chi connectivity index (χ0) is 41.6. The molecule has 10 heteroatoms. The van der Waals surface area contributed by atoms with Gasteiger partial charge in [-0.2, -0.15) is 0 Å². The molecule has 6 aromatic rings. The van der Waals surface area contributed by atoms with Crippen molar-refractivity contribution in [3.63, 3.8) is 0 Å². The number of nitrogens with one attached hydrogen (secondary N) is 2. The fourth-order valence-electron chi connectivity index (χ4n) is 9.36. The van der Waals surface area contributed by atoms with E-state index in [1.807, 2.05) is 76.5 Å². The van der Waals surface area contributed by atoms with E-state index in [1.54, 1.807) is 6.33 Å². The molecule has 308 valence electrons. The van der Waals surface area contributed by atoms with Crippen molar-refractivity contribution >= 4 is 22.8 Å². The van der Waals surface area contributed by atoms with Crippen molar-refractivity contribution in [1.82, 2.24) is 39.5 Å². The van der Waals surface area contributed by atoms with Gasteiger partial charge >= 0.3 is 0 Å². The van der Waals surface area contributed by atoms with Crippen LogP contribution in [0.2, 0.25) is 0 Å². The topological polar surface area (TPSA) is 104 Å². The standard InChI is InChI=1S/C50H56N8O2/c1-5-55(6-2)46(37-19-11-9-12-20-37)49(59)57-30-16-24-42(57)45-44(51-34-52-45)39-23-15-18-35(32-39)26-27-36-28-29-40-41(33-36)54-48(53-40)43-25-17-31-58(43)50(60)47(56(7-3)8-4)38-21-13-10-14-22-38/h9-15,18-23,28-29,32-34,42-43,46-47H,5-8,16-17,24-25,30-31H2,1-4H3,(H,51,52)(H,53,54)/t42-,43-,46+,47+/m0/s1. The average molecular weight is 801 g/mol. The van der Waals surface area contributed by atoms with Crippen LogP contribution < -0.4 is 0 Å². The van der Waals surface area contributed by atoms with Gasteiger partial charge in [0.15, 0.2) is 0 Å². The number of likely N-dealkylation sites (tertiary alicyclic amines) is 2. The SMILES string of the molecule is CCN(CC)[C@@H](C(=O)N1CCC[C@H]1c1nc2ccc(C#Cc3cccc(-c4[nH]cnc4[C@@H]4CCCN4C(=O)[C@@H](c4ccccc4)N(CC)CC)c3)cc2[nH]1)c1ccccc1. The van der Waals surface area contributed by atoms with Gasteiger partial charge in [-0.05, 0) is 93.3 Å². The number of carbonyl (C=O) groups excluding carboxylic acids is 2. The molecule has 60 heavy (non-hydrogen) atoms. The average Bonchev–Trinajstić information content (AvgIpc) is 4.13. The Labute approximate surface area is 354 Å². The number of hydrogen-bond donors (Lipinski definition) is 2. The Bertz CT molecular complexity index is 2460. The van der Waals surface area contributed by atoms with E-state index in [9.17, 15) is 9.59 Å². The zero-order valence-corrected chi connectivity index (χ0v) is 35.3. The summed E-state index contributed by atoms with van der Waals surface area (Å²) in [5.74, 6) is 7.85. The molecule has 0 saturated carbocycles. The Morgan fingerprint density at radius 1 is 0.700 bits per heavy atom. The molecule has 2 aromatic heterocycles. The number of imidazole rings is 2. The molecule has 0 unspecified atom stereocenters. The van der Waals surface area contributed by atoms with Crippen LogP contribution in [0, 0.1) is 11.8 Å². The van der Waals surface area contributed by atoms with Gasteiger partial charge in [0.05, 0.1) is 40.8 Å². The summed E-state index contributed by atoms with van der Waals surface area (Å²) < 4.78 is 0. The third-order valence-corrected chi connectivity index (χ3v) is 12.4. The lowest BCUT2D eigenvalue weighted by atomic mass is 10.00. The summed E-state index contributed by atoms with van der Waals surface area (Å²) in [7, 11) is 0. The van der Waals surface area contributed by atoms with Crippen molar-refractivity contribution < 1.29 is 9.59 Å². The summed E-state index contributed by atoms with van der Waals surface area (Å²) in [6.07, 6.45) is 5.33. The van der Waals surface area contributed by atoms with Crippen LogP contribution >= 0.6 is 0 Å². The summed E-state index contributed by atoms with van der Waals surface area (Å²) in [4.78, 5) is 54.1. The smallest absolute Gasteiger partial charge is 0.245 e. The highest BCUT2D eigenvalue weighted by Crippen LogP contribution is 2.39. The predicted molar refractivity (Wildman–Crippen MR) is 238 cm³/mol. The first-order chi connectivity index (χ1) is 29.4. The number of likely N-dealkylation sites (N-methyl/N-ethyl adjacent to an activating group) is 2. The molecule has 0 radical (unpaired) electrons. The monoisotopic (exact) mass is 800 g/mol. The molecule has 10 nitrogen and oxygen atoms in total. The van der Waals surface area contributed by atoms with Gasteiger partial charge in [0.25, 0.3) is 0 Å². The molecule has 2 N–H and O–H groups in total. The van der Waals surface area contributed by atoms with Crippen LogP contribution in [0.1, 0.15) is 111 Å². The maximum Gasteiger partial charge on any atom is 0.245 e. The Kier molecular flexibility index (Phi) is 12.6. The first-order valence-electron chi connectivity index (χ1n) is 21.8. The lowest BCUT2D eigenvalue weighted by Crippen LogP contribution is -2.43. The Balaban J connectivity index is 1.01. The minimum Gasteiger partial charge on any atom is -0.344 e. The Hall–Kier alpha value is -6.02. The highest BCUT2D eigenvalue weighted by molar-refractivity contribution is 5.85. The molecule has 8 rings (SSSR count). The second kappa shape index (κ2) is 18.5. The van der Waals surface area contributed by atoms with Crippen molar-refractivity contribution in [3.8, 4) is 23.1 Å². The van der Waals surface area contributed by atoms with E-state index in [-0.39, 0.29) is 36.0 Å². The van der Waals surface area contributed by atoms with Crippen molar-refractivity contribution in [2.24, 2.45) is 0 Å². The van der Waals surface area contributed by atoms with E-state index >= 15 is 0 Å². The van der Waals surface area contributed by atoms with Crippen LogP contribution in [0.25, 0.3) is 22.3 Å². The molecule has 0 spiro atoms. The Morgan fingerprint density at radius 3 is 1.87 bits per heavy atom. The van der Waals surface area contributed by atoms with Crippen LogP contribution in [0.5, 0.6) is 0 Å². The minimum atomic E-state index is -0.341. The molecule has 2 saturated heterocycles. The van der Waals surface area contributed by atoms with E-state index < -0.39 is 0 Å². The van der Waals surface area contributed by atoms with Gasteiger partial charge < -0.3 is 19.8 Å². The largest absolute Gasteiger partial charge is 0.344 e. The molecule has 2 amide bonds. The second-order valence-corrected chi connectivity index (χ2v) is 15.8. The summed E-state index contributed by atoms with van der Waals surface area (Å²) in [6, 6.07) is 33.6. The molecule has 0 aliphatic carbocycles. The predicted octanol–water partition coefficient (Wildman–Crippen LogP) is 8.85. The third-order valence-electron chi connectivity index (χ3n) is 12.4. The van der Waals surface area contributed by atoms with E-state index in [0.717, 1.165) is 108 Å². The molecular formula is C50H56N8O2. The van der Waals surface area contributed by atoms with E-state index in [4.69, 9.17) is 9.97 Å². The summed E-state index contributed by atoms with van der Waals surface area (Å²) in [6.45, 7) is 13.0.